The van der Waals surface area contributed by atoms with E-state index in [1.54, 1.807) is 25.9 Å². The Labute approximate surface area is 233 Å². The maximum absolute atomic E-state index is 16.0. The van der Waals surface area contributed by atoms with Crippen LogP contribution in [0.3, 0.4) is 0 Å². The molecular weight excluding hydrogens is 517 g/mol. The van der Waals surface area contributed by atoms with E-state index >= 15 is 4.39 Å². The Morgan fingerprint density at radius 2 is 1.82 bits per heavy atom. The third-order valence-corrected chi connectivity index (χ3v) is 9.22. The summed E-state index contributed by atoms with van der Waals surface area (Å²) >= 11 is 0. The lowest BCUT2D eigenvalue weighted by atomic mass is 9.50. The molecule has 3 N–H and O–H groups in total. The van der Waals surface area contributed by atoms with Crippen LogP contribution in [-0.2, 0) is 32.1 Å². The summed E-state index contributed by atoms with van der Waals surface area (Å²) in [5, 5.41) is 11.0. The molecule has 1 heterocycles. The molecule has 1 aromatic carbocycles. The zero-order valence-electron chi connectivity index (χ0n) is 23.8. The Balaban J connectivity index is 1.60. The number of primary amides is 1. The number of phenols is 1. The van der Waals surface area contributed by atoms with Crippen molar-refractivity contribution in [2.45, 2.75) is 70.7 Å². The fourth-order valence-corrected chi connectivity index (χ4v) is 7.87. The van der Waals surface area contributed by atoms with E-state index in [9.17, 15) is 24.3 Å². The highest BCUT2D eigenvalue weighted by atomic mass is 19.1. The monoisotopic (exact) mass is 555 g/mol. The highest BCUT2D eigenvalue weighted by molar-refractivity contribution is 6.26. The quantitative estimate of drug-likeness (QED) is 0.369. The first-order chi connectivity index (χ1) is 18.9. The van der Waals surface area contributed by atoms with Gasteiger partial charge in [0, 0.05) is 29.2 Å². The molecule has 2 fully saturated rings. The number of nitrogens with two attached hydrogens (primary N) is 1. The number of ketones is 3. The Bertz CT molecular complexity index is 1330. The number of hydrogen-bond acceptors (Lipinski definition) is 8. The summed E-state index contributed by atoms with van der Waals surface area (Å²) in [5.74, 6) is -5.89. The van der Waals surface area contributed by atoms with Crippen LogP contribution in [0.4, 0.5) is 4.39 Å². The van der Waals surface area contributed by atoms with Gasteiger partial charge >= 0.3 is 0 Å². The molecule has 216 valence electrons. The number of halogens is 1. The Kier molecular flexibility index (Phi) is 7.25. The molecule has 5 rings (SSSR count). The molecule has 9 nitrogen and oxygen atoms in total. The van der Waals surface area contributed by atoms with Gasteiger partial charge in [0.1, 0.15) is 11.6 Å². The summed E-state index contributed by atoms with van der Waals surface area (Å²) in [5.41, 5.74) is 4.29. The molecule has 0 bridgehead atoms. The van der Waals surface area contributed by atoms with E-state index in [-0.39, 0.29) is 40.9 Å². The van der Waals surface area contributed by atoms with Gasteiger partial charge in [-0.1, -0.05) is 13.8 Å². The Morgan fingerprint density at radius 3 is 2.38 bits per heavy atom. The van der Waals surface area contributed by atoms with Crippen molar-refractivity contribution < 1.29 is 33.4 Å². The third-order valence-electron chi connectivity index (χ3n) is 9.22. The number of carbonyl (C=O) groups excluding carboxylic acids is 4. The van der Waals surface area contributed by atoms with E-state index in [0.717, 1.165) is 25.9 Å². The van der Waals surface area contributed by atoms with Gasteiger partial charge < -0.3 is 15.6 Å². The predicted molar refractivity (Wildman–Crippen MR) is 144 cm³/mol. The molecule has 1 aliphatic heterocycles. The van der Waals surface area contributed by atoms with E-state index in [0.29, 0.717) is 12.1 Å². The molecule has 0 aromatic heterocycles. The van der Waals surface area contributed by atoms with Gasteiger partial charge in [0.2, 0.25) is 0 Å². The topological polar surface area (TPSA) is 130 Å². The van der Waals surface area contributed by atoms with Crippen molar-refractivity contribution in [1.29, 1.82) is 0 Å². The van der Waals surface area contributed by atoms with Crippen molar-refractivity contribution in [3.05, 3.63) is 39.7 Å². The van der Waals surface area contributed by atoms with Crippen LogP contribution in [-0.4, -0.2) is 83.1 Å². The number of fused-ring (bicyclic) bond motifs is 2. The number of amides is 1. The molecule has 10 heteroatoms. The van der Waals surface area contributed by atoms with Crippen LogP contribution in [0.25, 0.3) is 0 Å². The number of Topliss-reactive ketones (excluding diaryl/α,β-unsaturated/α-hetero) is 3. The molecule has 1 saturated heterocycles. The highest BCUT2D eigenvalue weighted by Crippen LogP contribution is 2.59. The predicted octanol–water partition coefficient (Wildman–Crippen LogP) is 2.17. The maximum Gasteiger partial charge on any atom is 0.252 e. The second-order valence-electron chi connectivity index (χ2n) is 11.9. The van der Waals surface area contributed by atoms with E-state index in [4.69, 9.17) is 10.5 Å². The molecule has 1 amide bonds. The molecule has 1 aromatic rings. The number of hydrogen-bond donors (Lipinski definition) is 2. The fourth-order valence-electron chi connectivity index (χ4n) is 7.87. The van der Waals surface area contributed by atoms with Crippen LogP contribution in [0.5, 0.6) is 5.75 Å². The molecule has 1 spiro atoms. The first-order valence-corrected chi connectivity index (χ1v) is 14.2. The minimum Gasteiger partial charge on any atom is -0.507 e. The Hall–Kier alpha value is -2.95. The van der Waals surface area contributed by atoms with Crippen molar-refractivity contribution in [2.75, 3.05) is 27.2 Å². The summed E-state index contributed by atoms with van der Waals surface area (Å²) in [6, 6.07) is 0.431. The van der Waals surface area contributed by atoms with Gasteiger partial charge in [0.05, 0.1) is 29.2 Å². The smallest absolute Gasteiger partial charge is 0.252 e. The van der Waals surface area contributed by atoms with Gasteiger partial charge in [-0.2, -0.15) is 0 Å². The highest BCUT2D eigenvalue weighted by Gasteiger charge is 2.72. The summed E-state index contributed by atoms with van der Waals surface area (Å²) in [4.78, 5) is 57.9. The van der Waals surface area contributed by atoms with Crippen molar-refractivity contribution in [3.8, 4) is 5.75 Å². The van der Waals surface area contributed by atoms with Crippen LogP contribution in [0.15, 0.2) is 17.2 Å². The first-order valence-electron chi connectivity index (χ1n) is 14.2. The van der Waals surface area contributed by atoms with Crippen LogP contribution in [0.1, 0.15) is 61.5 Å². The van der Waals surface area contributed by atoms with Crippen molar-refractivity contribution >= 4 is 23.3 Å². The Morgan fingerprint density at radius 1 is 1.18 bits per heavy atom. The van der Waals surface area contributed by atoms with Gasteiger partial charge in [0.15, 0.2) is 23.0 Å². The van der Waals surface area contributed by atoms with E-state index in [2.05, 4.69) is 4.90 Å². The van der Waals surface area contributed by atoms with Crippen molar-refractivity contribution in [3.63, 3.8) is 0 Å². The SMILES string of the molecule is CCCN(CCC)Cc1cc(O)c2c(c1F)CC1CC3C(N(C)C)C(=O)C(C(N)=O)=C4C(C)OC43C(=O)C1C2=O. The lowest BCUT2D eigenvalue weighted by Crippen LogP contribution is -2.75. The summed E-state index contributed by atoms with van der Waals surface area (Å²) < 4.78 is 22.1. The number of carbonyl (C=O) groups is 4. The van der Waals surface area contributed by atoms with Crippen LogP contribution >= 0.6 is 0 Å². The standard InChI is InChI=1S/C30H38FN3O6/c1-6-8-34(9-7-2)13-16-12-19(35)21-17(24(16)31)10-15-11-18-25(33(4)5)27(37)22(29(32)39)23-14(3)40-30(18,23)28(38)20(15)26(21)36/h12,14-15,18,20,25,35H,6-11,13H2,1-5H3,(H2,32,39). The number of nitrogens with zero attached hydrogens (tertiary/aromatic N) is 2. The average Bonchev–Trinajstić information content (AvgIpc) is 2.86. The minimum absolute atomic E-state index is 0.0739. The van der Waals surface area contributed by atoms with Crippen LogP contribution in [0, 0.1) is 23.6 Å². The lowest BCUT2D eigenvalue weighted by Gasteiger charge is -2.62. The third kappa shape index (κ3) is 3.90. The van der Waals surface area contributed by atoms with E-state index < -0.39 is 64.6 Å². The molecule has 3 aliphatic carbocycles. The molecular formula is C30H38FN3O6. The molecule has 0 radical (unpaired) electrons. The van der Waals surface area contributed by atoms with E-state index in [1.165, 1.54) is 6.07 Å². The molecule has 1 saturated carbocycles. The number of ether oxygens (including phenoxy) is 1. The van der Waals surface area contributed by atoms with Gasteiger partial charge in [-0.25, -0.2) is 4.39 Å². The van der Waals surface area contributed by atoms with Gasteiger partial charge in [-0.3, -0.25) is 29.0 Å². The lowest BCUT2D eigenvalue weighted by molar-refractivity contribution is -0.207. The summed E-state index contributed by atoms with van der Waals surface area (Å²) in [6.45, 7) is 7.58. The second-order valence-corrected chi connectivity index (χ2v) is 11.9. The minimum atomic E-state index is -1.63. The molecule has 4 aliphatic rings. The zero-order valence-corrected chi connectivity index (χ0v) is 23.8. The zero-order chi connectivity index (χ0) is 29.3. The number of benzene rings is 1. The fraction of sp³-hybridized carbons (Fsp3) is 0.600. The number of phenolic OH excluding ortho intramolecular Hbond substituents is 1. The van der Waals surface area contributed by atoms with Gasteiger partial charge in [0.25, 0.3) is 5.91 Å². The maximum atomic E-state index is 16.0. The summed E-state index contributed by atoms with van der Waals surface area (Å²) in [7, 11) is 3.37. The first kappa shape index (κ1) is 28.6. The molecule has 6 atom stereocenters. The number of aromatic hydroxyl groups is 1. The van der Waals surface area contributed by atoms with Crippen LogP contribution in [0.2, 0.25) is 0 Å². The number of rotatable bonds is 8. The largest absolute Gasteiger partial charge is 0.507 e. The van der Waals surface area contributed by atoms with Gasteiger partial charge in [-0.15, -0.1) is 0 Å². The van der Waals surface area contributed by atoms with Gasteiger partial charge in [-0.05, 0) is 71.8 Å². The normalized spacial score (nSPS) is 31.1. The van der Waals surface area contributed by atoms with Crippen LogP contribution < -0.4 is 5.73 Å². The second kappa shape index (κ2) is 10.2. The number of likely N-dealkylation sites (N-methyl/N-ethyl adjacent to an activating group) is 1. The summed E-state index contributed by atoms with van der Waals surface area (Å²) in [6.07, 6.45) is 1.41. The van der Waals surface area contributed by atoms with Crippen molar-refractivity contribution in [2.24, 2.45) is 23.5 Å². The molecule has 6 unspecified atom stereocenters. The average molecular weight is 556 g/mol. The van der Waals surface area contributed by atoms with Crippen molar-refractivity contribution in [1.82, 2.24) is 9.80 Å². The molecule has 40 heavy (non-hydrogen) atoms. The van der Waals surface area contributed by atoms with E-state index in [1.807, 2.05) is 13.8 Å².